The number of hydrogen-bond acceptors (Lipinski definition) is 15. The van der Waals surface area contributed by atoms with Crippen molar-refractivity contribution in [1.29, 1.82) is 0 Å². The monoisotopic (exact) mass is 1020 g/mol. The summed E-state index contributed by atoms with van der Waals surface area (Å²) in [6.45, 7) is 9.70. The molecule has 3 heterocycles. The Bertz CT molecular complexity index is 2750. The van der Waals surface area contributed by atoms with Crippen LogP contribution in [0.25, 0.3) is 31.0 Å². The number of thiazole rings is 1. The SMILES string of the molecule is COc1ccc(-c2sc3cc(O)ccc3c2C(=O)c2ccc(OCCOCCOCCOCCOCC(=O)NC(C(=O)N3C[C@H](O)C[C@H]3C(=O)NCc3ccc(-c4scnc4C)cc3)C(C)(C)C)cc2)cc1. The second kappa shape index (κ2) is 25.4. The number of likely N-dealkylation sites (tertiary alicyclic amines) is 1. The van der Waals surface area contributed by atoms with Gasteiger partial charge in [0.05, 0.1) is 75.5 Å². The minimum absolute atomic E-state index is 0.0244. The first-order chi connectivity index (χ1) is 34.7. The third-order valence-corrected chi connectivity index (χ3v) is 14.1. The third-order valence-electron chi connectivity index (χ3n) is 11.9. The minimum atomic E-state index is -0.975. The number of phenols is 1. The molecule has 0 aliphatic carbocycles. The molecule has 72 heavy (non-hydrogen) atoms. The highest BCUT2D eigenvalue weighted by molar-refractivity contribution is 7.22. The Kier molecular flexibility index (Phi) is 18.9. The number of aliphatic hydroxyl groups excluding tert-OH is 1. The van der Waals surface area contributed by atoms with Crippen molar-refractivity contribution < 1.29 is 57.8 Å². The van der Waals surface area contributed by atoms with Crippen LogP contribution in [0.4, 0.5) is 0 Å². The predicted octanol–water partition coefficient (Wildman–Crippen LogP) is 7.20. The van der Waals surface area contributed by atoms with E-state index >= 15 is 0 Å². The molecule has 1 aliphatic rings. The van der Waals surface area contributed by atoms with Gasteiger partial charge in [-0.1, -0.05) is 45.0 Å². The smallest absolute Gasteiger partial charge is 0.246 e. The fourth-order valence-corrected chi connectivity index (χ4v) is 10.2. The molecule has 16 nitrogen and oxygen atoms in total. The van der Waals surface area contributed by atoms with Gasteiger partial charge >= 0.3 is 0 Å². The Hall–Kier alpha value is -6.25. The lowest BCUT2D eigenvalue weighted by Crippen LogP contribution is -2.58. The summed E-state index contributed by atoms with van der Waals surface area (Å²) in [5, 5.41) is 27.1. The summed E-state index contributed by atoms with van der Waals surface area (Å²) in [4.78, 5) is 61.8. The zero-order chi connectivity index (χ0) is 51.2. The molecule has 3 atom stereocenters. The zero-order valence-corrected chi connectivity index (χ0v) is 42.8. The van der Waals surface area contributed by atoms with Crippen molar-refractivity contribution in [3.63, 3.8) is 0 Å². The summed E-state index contributed by atoms with van der Waals surface area (Å²) in [5.74, 6) is -0.0119. The number of carbonyl (C=O) groups excluding carboxylic acids is 4. The topological polar surface area (TPSA) is 204 Å². The number of fused-ring (bicyclic) bond motifs is 1. The van der Waals surface area contributed by atoms with Gasteiger partial charge in [0.25, 0.3) is 0 Å². The maximum Gasteiger partial charge on any atom is 0.246 e. The second-order valence-electron chi connectivity index (χ2n) is 18.3. The van der Waals surface area contributed by atoms with E-state index in [1.165, 1.54) is 16.2 Å². The molecule has 382 valence electrons. The number of amides is 3. The molecule has 6 aromatic rings. The molecule has 7 rings (SSSR count). The lowest BCUT2D eigenvalue weighted by molar-refractivity contribution is -0.144. The van der Waals surface area contributed by atoms with Gasteiger partial charge in [-0.05, 0) is 95.8 Å². The summed E-state index contributed by atoms with van der Waals surface area (Å²) in [6.07, 6.45) is -0.790. The molecule has 3 amide bonds. The highest BCUT2D eigenvalue weighted by Gasteiger charge is 2.44. The molecule has 4 N–H and O–H groups in total. The number of aryl methyl sites for hydroxylation is 1. The maximum atomic E-state index is 13.9. The highest BCUT2D eigenvalue weighted by Crippen LogP contribution is 2.42. The largest absolute Gasteiger partial charge is 0.508 e. The Balaban J connectivity index is 0.741. The van der Waals surface area contributed by atoms with E-state index in [-0.39, 0.29) is 56.8 Å². The Morgan fingerprint density at radius 2 is 1.40 bits per heavy atom. The first kappa shape index (κ1) is 53.5. The van der Waals surface area contributed by atoms with Crippen LogP contribution in [0.3, 0.4) is 0 Å². The number of rotatable bonds is 25. The molecule has 0 saturated carbocycles. The molecule has 0 bridgehead atoms. The van der Waals surface area contributed by atoms with Crippen molar-refractivity contribution in [3.8, 4) is 38.1 Å². The van der Waals surface area contributed by atoms with Crippen LogP contribution >= 0.6 is 22.7 Å². The third kappa shape index (κ3) is 14.2. The molecular formula is C54H62N4O12S2. The number of methoxy groups -OCH3 is 1. The van der Waals surface area contributed by atoms with Gasteiger partial charge in [-0.2, -0.15) is 0 Å². The lowest BCUT2D eigenvalue weighted by atomic mass is 9.85. The fourth-order valence-electron chi connectivity index (χ4n) is 8.13. The van der Waals surface area contributed by atoms with Gasteiger partial charge in [0, 0.05) is 45.6 Å². The van der Waals surface area contributed by atoms with E-state index in [9.17, 15) is 29.4 Å². The van der Waals surface area contributed by atoms with Gasteiger partial charge in [0.15, 0.2) is 5.78 Å². The van der Waals surface area contributed by atoms with Crippen LogP contribution in [0.5, 0.6) is 17.2 Å². The predicted molar refractivity (Wildman–Crippen MR) is 276 cm³/mol. The number of nitrogens with one attached hydrogen (secondary N) is 2. The van der Waals surface area contributed by atoms with Gasteiger partial charge in [-0.15, -0.1) is 22.7 Å². The average molecular weight is 1020 g/mol. The Morgan fingerprint density at radius 1 is 0.792 bits per heavy atom. The van der Waals surface area contributed by atoms with Crippen molar-refractivity contribution in [2.45, 2.75) is 58.8 Å². The molecule has 0 radical (unpaired) electrons. The summed E-state index contributed by atoms with van der Waals surface area (Å²) >= 11 is 3.02. The normalized spacial score (nSPS) is 15.1. The number of β-amino-alcohol motifs (C(OH)–C–C–N with tert-alkyl or cyclic N) is 1. The van der Waals surface area contributed by atoms with E-state index in [4.69, 9.17) is 28.4 Å². The summed E-state index contributed by atoms with van der Waals surface area (Å²) < 4.78 is 34.3. The van der Waals surface area contributed by atoms with Crippen molar-refractivity contribution in [3.05, 3.63) is 119 Å². The van der Waals surface area contributed by atoms with Crippen LogP contribution in [-0.2, 0) is 39.9 Å². The summed E-state index contributed by atoms with van der Waals surface area (Å²) in [6, 6.07) is 25.5. The van der Waals surface area contributed by atoms with Crippen LogP contribution in [-0.4, -0.2) is 135 Å². The number of aromatic nitrogens is 1. The van der Waals surface area contributed by atoms with Crippen LogP contribution in [0.15, 0.2) is 96.5 Å². The Labute approximate surface area is 427 Å². The van der Waals surface area contributed by atoms with E-state index < -0.39 is 35.4 Å². The van der Waals surface area contributed by atoms with E-state index in [1.54, 1.807) is 60.9 Å². The minimum Gasteiger partial charge on any atom is -0.508 e. The van der Waals surface area contributed by atoms with E-state index in [0.717, 1.165) is 42.2 Å². The number of hydrogen-bond donors (Lipinski definition) is 4. The molecule has 1 aliphatic heterocycles. The zero-order valence-electron chi connectivity index (χ0n) is 41.1. The molecule has 1 fully saturated rings. The molecule has 4 aromatic carbocycles. The highest BCUT2D eigenvalue weighted by atomic mass is 32.1. The van der Waals surface area contributed by atoms with Crippen molar-refractivity contribution in [2.75, 3.05) is 73.1 Å². The number of ketones is 1. The number of benzene rings is 4. The van der Waals surface area contributed by atoms with Crippen molar-refractivity contribution in [2.24, 2.45) is 5.41 Å². The van der Waals surface area contributed by atoms with Gasteiger partial charge in [0.2, 0.25) is 17.7 Å². The van der Waals surface area contributed by atoms with Crippen LogP contribution < -0.4 is 20.1 Å². The van der Waals surface area contributed by atoms with E-state index in [2.05, 4.69) is 15.6 Å². The molecule has 1 unspecified atom stereocenters. The quantitative estimate of drug-likeness (QED) is 0.0331. The van der Waals surface area contributed by atoms with E-state index in [1.807, 2.05) is 81.7 Å². The fraction of sp³-hybridized carbons (Fsp3) is 0.389. The van der Waals surface area contributed by atoms with Gasteiger partial charge in [-0.3, -0.25) is 19.2 Å². The number of aliphatic hydroxyl groups is 1. The molecule has 2 aromatic heterocycles. The first-order valence-corrected chi connectivity index (χ1v) is 25.4. The standard InChI is InChI=1S/C54H62N4O12S2/c1-34-49(71-33-56-34)37-8-6-35(7-9-37)30-55-52(63)44-28-40(60)31-58(44)53(64)51(54(2,3)4)57-46(61)32-69-25-24-67-21-20-66-22-23-68-26-27-70-42-17-10-36(11-18-42)48(62)47-43-19-14-39(59)29-45(43)72-50(47)38-12-15-41(65-5)16-13-38/h6-19,29,33,40,44,51,59-60H,20-28,30-32H2,1-5H3,(H,55,63)(H,57,61)/t40-,44+,51?/m1/s1. The first-order valence-electron chi connectivity index (χ1n) is 23.7. The maximum absolute atomic E-state index is 13.9. The summed E-state index contributed by atoms with van der Waals surface area (Å²) in [5.41, 5.74) is 5.95. The van der Waals surface area contributed by atoms with Crippen molar-refractivity contribution in [1.82, 2.24) is 20.5 Å². The van der Waals surface area contributed by atoms with Gasteiger partial charge < -0.3 is 54.2 Å². The Morgan fingerprint density at radius 3 is 2.03 bits per heavy atom. The number of thiophene rings is 1. The number of carbonyl (C=O) groups is 4. The number of aromatic hydroxyl groups is 1. The van der Waals surface area contributed by atoms with Crippen molar-refractivity contribution >= 4 is 56.3 Å². The molecule has 0 spiro atoms. The second-order valence-corrected chi connectivity index (χ2v) is 20.2. The van der Waals surface area contributed by atoms with Crippen LogP contribution in [0.2, 0.25) is 0 Å². The summed E-state index contributed by atoms with van der Waals surface area (Å²) in [7, 11) is 1.60. The van der Waals surface area contributed by atoms with Gasteiger partial charge in [-0.25, -0.2) is 4.98 Å². The lowest BCUT2D eigenvalue weighted by Gasteiger charge is -2.35. The molecular weight excluding hydrogens is 961 g/mol. The van der Waals surface area contributed by atoms with E-state index in [0.29, 0.717) is 62.3 Å². The number of nitrogens with zero attached hydrogens (tertiary/aromatic N) is 2. The molecule has 18 heteroatoms. The van der Waals surface area contributed by atoms with Crippen LogP contribution in [0.1, 0.15) is 54.4 Å². The molecule has 1 saturated heterocycles. The van der Waals surface area contributed by atoms with Crippen LogP contribution in [0, 0.1) is 12.3 Å². The number of ether oxygens (including phenoxy) is 6. The number of phenolic OH excluding ortho intramolecular Hbond substituents is 1. The van der Waals surface area contributed by atoms with Gasteiger partial charge in [0.1, 0.15) is 42.5 Å². The average Bonchev–Trinajstić information content (AvgIpc) is 4.10.